The van der Waals surface area contributed by atoms with Crippen LogP contribution in [0.4, 0.5) is 5.69 Å². The van der Waals surface area contributed by atoms with Gasteiger partial charge in [0, 0.05) is 41.5 Å². The Kier molecular flexibility index (Phi) is 4.40. The first-order valence-electron chi connectivity index (χ1n) is 9.69. The van der Waals surface area contributed by atoms with Gasteiger partial charge in [-0.2, -0.15) is 5.10 Å². The molecule has 1 aliphatic carbocycles. The molecule has 6 heteroatoms. The Morgan fingerprint density at radius 3 is 2.72 bits per heavy atom. The first kappa shape index (κ1) is 18.0. The highest BCUT2D eigenvalue weighted by Gasteiger charge is 2.27. The molecule has 0 fully saturated rings. The van der Waals surface area contributed by atoms with Crippen molar-refractivity contribution in [3.05, 3.63) is 76.9 Å². The fraction of sp³-hybridized carbons (Fsp3) is 0.217. The van der Waals surface area contributed by atoms with Crippen molar-refractivity contribution in [2.24, 2.45) is 7.05 Å². The molecular formula is C23H21ClN4O. The molecule has 1 atom stereocenters. The molecule has 1 aliphatic rings. The number of nitrogens with one attached hydrogen (secondary N) is 1. The van der Waals surface area contributed by atoms with Gasteiger partial charge in [-0.05, 0) is 60.4 Å². The summed E-state index contributed by atoms with van der Waals surface area (Å²) >= 11 is 6.06. The molecule has 2 aromatic heterocycles. The van der Waals surface area contributed by atoms with Crippen LogP contribution in [0.1, 0.15) is 29.5 Å². The Morgan fingerprint density at radius 1 is 1.14 bits per heavy atom. The summed E-state index contributed by atoms with van der Waals surface area (Å²) in [5, 5.41) is 13.0. The maximum absolute atomic E-state index is 6.06. The molecule has 0 spiro atoms. The van der Waals surface area contributed by atoms with Crippen LogP contribution in [-0.4, -0.2) is 14.9 Å². The predicted molar refractivity (Wildman–Crippen MR) is 115 cm³/mol. The average Bonchev–Trinajstić information content (AvgIpc) is 3.28. The Morgan fingerprint density at radius 2 is 1.97 bits per heavy atom. The molecule has 0 bridgehead atoms. The molecule has 0 saturated heterocycles. The van der Waals surface area contributed by atoms with Gasteiger partial charge in [-0.25, -0.2) is 0 Å². The van der Waals surface area contributed by atoms with Crippen molar-refractivity contribution in [1.82, 2.24) is 14.9 Å². The summed E-state index contributed by atoms with van der Waals surface area (Å²) in [6, 6.07) is 14.6. The van der Waals surface area contributed by atoms with E-state index in [2.05, 4.69) is 33.8 Å². The lowest BCUT2D eigenvalue weighted by Gasteiger charge is -2.21. The summed E-state index contributed by atoms with van der Waals surface area (Å²) in [7, 11) is 1.94. The van der Waals surface area contributed by atoms with E-state index in [4.69, 9.17) is 16.1 Å². The third-order valence-corrected chi connectivity index (χ3v) is 5.77. The zero-order valence-electron chi connectivity index (χ0n) is 16.3. The van der Waals surface area contributed by atoms with E-state index >= 15 is 0 Å². The fourth-order valence-corrected chi connectivity index (χ4v) is 4.22. The van der Waals surface area contributed by atoms with Crippen LogP contribution in [0.15, 0.2) is 59.4 Å². The Balaban J connectivity index is 1.62. The average molecular weight is 405 g/mol. The zero-order valence-corrected chi connectivity index (χ0v) is 17.1. The minimum atomic E-state index is 0.143. The van der Waals surface area contributed by atoms with Crippen LogP contribution in [0.5, 0.6) is 0 Å². The van der Waals surface area contributed by atoms with Gasteiger partial charge in [0.1, 0.15) is 5.76 Å². The molecule has 1 unspecified atom stereocenters. The van der Waals surface area contributed by atoms with Crippen LogP contribution < -0.4 is 5.32 Å². The molecule has 1 N–H and O–H groups in total. The van der Waals surface area contributed by atoms with Crippen molar-refractivity contribution in [2.75, 3.05) is 5.32 Å². The minimum Gasteiger partial charge on any atom is -0.378 e. The molecule has 5 rings (SSSR count). The van der Waals surface area contributed by atoms with Gasteiger partial charge in [-0.15, -0.1) is 0 Å². The molecule has 29 heavy (non-hydrogen) atoms. The largest absolute Gasteiger partial charge is 0.378 e. The summed E-state index contributed by atoms with van der Waals surface area (Å²) < 4.78 is 7.47. The lowest BCUT2D eigenvalue weighted by atomic mass is 9.92. The highest BCUT2D eigenvalue weighted by atomic mass is 35.5. The van der Waals surface area contributed by atoms with Crippen molar-refractivity contribution in [3.63, 3.8) is 0 Å². The topological polar surface area (TPSA) is 55.9 Å². The maximum atomic E-state index is 6.06. The summed E-state index contributed by atoms with van der Waals surface area (Å²) in [6.07, 6.45) is 5.68. The van der Waals surface area contributed by atoms with Crippen molar-refractivity contribution in [1.29, 1.82) is 0 Å². The summed E-state index contributed by atoms with van der Waals surface area (Å²) in [4.78, 5) is 0. The van der Waals surface area contributed by atoms with Gasteiger partial charge >= 0.3 is 0 Å². The first-order valence-corrected chi connectivity index (χ1v) is 10.1. The molecule has 0 saturated carbocycles. The van der Waals surface area contributed by atoms with E-state index in [0.717, 1.165) is 51.7 Å². The molecule has 0 amide bonds. The van der Waals surface area contributed by atoms with E-state index in [1.807, 2.05) is 55.3 Å². The number of halogens is 1. The van der Waals surface area contributed by atoms with Crippen LogP contribution in [0.25, 0.3) is 22.3 Å². The standard InChI is InChI=1S/C23H21ClN4O/c1-14-23-19-8-3-15(16-12-25-28(2)13-16)11-20(19)21(9-10-22(23)29-27-14)26-18-6-4-17(24)5-7-18/h3-8,11-13,21,26H,9-10H2,1-2H3. The van der Waals surface area contributed by atoms with Crippen molar-refractivity contribution in [3.8, 4) is 22.3 Å². The van der Waals surface area contributed by atoms with E-state index in [1.54, 1.807) is 0 Å². The second kappa shape index (κ2) is 7.08. The summed E-state index contributed by atoms with van der Waals surface area (Å²) in [5.74, 6) is 0.957. The number of anilines is 1. The highest BCUT2D eigenvalue weighted by Crippen LogP contribution is 2.42. The summed E-state index contributed by atoms with van der Waals surface area (Å²) in [5.41, 5.74) is 7.78. The van der Waals surface area contributed by atoms with Crippen LogP contribution in [0.2, 0.25) is 5.02 Å². The second-order valence-electron chi connectivity index (χ2n) is 7.51. The number of hydrogen-bond donors (Lipinski definition) is 1. The predicted octanol–water partition coefficient (Wildman–Crippen LogP) is 5.80. The molecule has 0 radical (unpaired) electrons. The number of aryl methyl sites for hydroxylation is 3. The lowest BCUT2D eigenvalue weighted by molar-refractivity contribution is 0.376. The van der Waals surface area contributed by atoms with Crippen LogP contribution in [0, 0.1) is 6.92 Å². The van der Waals surface area contributed by atoms with Gasteiger partial charge in [-0.3, -0.25) is 4.68 Å². The fourth-order valence-electron chi connectivity index (χ4n) is 4.09. The van der Waals surface area contributed by atoms with Gasteiger partial charge in [0.2, 0.25) is 0 Å². The highest BCUT2D eigenvalue weighted by molar-refractivity contribution is 6.30. The Labute approximate surface area is 174 Å². The van der Waals surface area contributed by atoms with Gasteiger partial charge in [0.25, 0.3) is 0 Å². The van der Waals surface area contributed by atoms with E-state index < -0.39 is 0 Å². The third-order valence-electron chi connectivity index (χ3n) is 5.51. The van der Waals surface area contributed by atoms with Crippen LogP contribution in [0.3, 0.4) is 0 Å². The number of benzene rings is 2. The van der Waals surface area contributed by atoms with Crippen molar-refractivity contribution < 1.29 is 4.52 Å². The SMILES string of the molecule is Cc1noc2c1-c1ccc(-c3cnn(C)c3)cc1C(Nc1ccc(Cl)cc1)CC2. The molecular weight excluding hydrogens is 384 g/mol. The molecule has 5 nitrogen and oxygen atoms in total. The van der Waals surface area contributed by atoms with Crippen molar-refractivity contribution in [2.45, 2.75) is 25.8 Å². The molecule has 146 valence electrons. The minimum absolute atomic E-state index is 0.143. The summed E-state index contributed by atoms with van der Waals surface area (Å²) in [6.45, 7) is 2.01. The third kappa shape index (κ3) is 3.32. The number of aromatic nitrogens is 3. The normalized spacial score (nSPS) is 15.5. The quantitative estimate of drug-likeness (QED) is 0.468. The number of rotatable bonds is 3. The first-order chi connectivity index (χ1) is 14.1. The van der Waals surface area contributed by atoms with Gasteiger partial charge in [0.05, 0.1) is 17.9 Å². The van der Waals surface area contributed by atoms with E-state index in [1.165, 1.54) is 11.1 Å². The molecule has 2 aromatic carbocycles. The number of nitrogens with zero attached hydrogens (tertiary/aromatic N) is 3. The van der Waals surface area contributed by atoms with Crippen molar-refractivity contribution >= 4 is 17.3 Å². The monoisotopic (exact) mass is 404 g/mol. The van der Waals surface area contributed by atoms with Gasteiger partial charge < -0.3 is 9.84 Å². The Hall–Kier alpha value is -3.05. The lowest BCUT2D eigenvalue weighted by Crippen LogP contribution is -2.11. The molecule has 2 heterocycles. The zero-order chi connectivity index (χ0) is 20.0. The molecule has 4 aromatic rings. The van der Waals surface area contributed by atoms with E-state index in [-0.39, 0.29) is 6.04 Å². The van der Waals surface area contributed by atoms with E-state index in [9.17, 15) is 0 Å². The Bertz CT molecular complexity index is 1180. The number of fused-ring (bicyclic) bond motifs is 3. The van der Waals surface area contributed by atoms with Gasteiger partial charge in [-0.1, -0.05) is 28.9 Å². The van der Waals surface area contributed by atoms with Crippen LogP contribution >= 0.6 is 11.6 Å². The van der Waals surface area contributed by atoms with Crippen LogP contribution in [-0.2, 0) is 13.5 Å². The van der Waals surface area contributed by atoms with E-state index in [0.29, 0.717) is 0 Å². The molecule has 0 aliphatic heterocycles. The maximum Gasteiger partial charge on any atom is 0.144 e. The smallest absolute Gasteiger partial charge is 0.144 e. The number of hydrogen-bond acceptors (Lipinski definition) is 4. The van der Waals surface area contributed by atoms with Gasteiger partial charge in [0.15, 0.2) is 0 Å². The second-order valence-corrected chi connectivity index (χ2v) is 7.95.